The van der Waals surface area contributed by atoms with Crippen molar-refractivity contribution in [2.75, 3.05) is 44.1 Å². The maximum atomic E-state index is 5.59. The summed E-state index contributed by atoms with van der Waals surface area (Å²) in [5, 5.41) is 6.47. The molecule has 1 aliphatic heterocycles. The standard InChI is InChI=1S/C16H20N4O3/c1-11-18-15(17-5-6-21-2)10-16(19-11)20-12-3-4-13-14(9-12)23-8-7-22-13/h3-4,9-10H,5-8H2,1-2H3,(H2,17,18,19,20). The van der Waals surface area contributed by atoms with Crippen molar-refractivity contribution in [3.8, 4) is 11.5 Å². The third kappa shape index (κ3) is 4.01. The average Bonchev–Trinajstić information content (AvgIpc) is 2.54. The molecule has 0 atom stereocenters. The van der Waals surface area contributed by atoms with Gasteiger partial charge in [0.15, 0.2) is 11.5 Å². The van der Waals surface area contributed by atoms with Gasteiger partial charge in [0.2, 0.25) is 0 Å². The van der Waals surface area contributed by atoms with Crippen molar-refractivity contribution in [2.45, 2.75) is 6.92 Å². The Morgan fingerprint density at radius 1 is 1.09 bits per heavy atom. The summed E-state index contributed by atoms with van der Waals surface area (Å²) >= 11 is 0. The first-order valence-corrected chi connectivity index (χ1v) is 7.50. The van der Waals surface area contributed by atoms with E-state index in [1.54, 1.807) is 7.11 Å². The van der Waals surface area contributed by atoms with E-state index in [0.717, 1.165) is 23.0 Å². The normalized spacial score (nSPS) is 12.8. The summed E-state index contributed by atoms with van der Waals surface area (Å²) in [7, 11) is 1.67. The molecule has 0 saturated heterocycles. The molecule has 0 aliphatic carbocycles. The van der Waals surface area contributed by atoms with Gasteiger partial charge in [-0.25, -0.2) is 9.97 Å². The number of anilines is 3. The number of nitrogens with zero attached hydrogens (tertiary/aromatic N) is 2. The summed E-state index contributed by atoms with van der Waals surface area (Å²) in [4.78, 5) is 8.76. The van der Waals surface area contributed by atoms with Gasteiger partial charge >= 0.3 is 0 Å². The van der Waals surface area contributed by atoms with Gasteiger partial charge in [0.1, 0.15) is 30.7 Å². The van der Waals surface area contributed by atoms with Gasteiger partial charge in [0, 0.05) is 31.5 Å². The molecule has 0 radical (unpaired) electrons. The molecule has 7 nitrogen and oxygen atoms in total. The van der Waals surface area contributed by atoms with E-state index in [-0.39, 0.29) is 0 Å². The monoisotopic (exact) mass is 316 g/mol. The number of rotatable bonds is 6. The number of fused-ring (bicyclic) bond motifs is 1. The second-order valence-corrected chi connectivity index (χ2v) is 5.09. The van der Waals surface area contributed by atoms with Gasteiger partial charge in [-0.05, 0) is 19.1 Å². The Kier molecular flexibility index (Phi) is 4.77. The van der Waals surface area contributed by atoms with Crippen molar-refractivity contribution < 1.29 is 14.2 Å². The third-order valence-electron chi connectivity index (χ3n) is 3.26. The molecule has 1 aromatic carbocycles. The first-order chi connectivity index (χ1) is 11.2. The van der Waals surface area contributed by atoms with Gasteiger partial charge in [0.25, 0.3) is 0 Å². The summed E-state index contributed by atoms with van der Waals surface area (Å²) < 4.78 is 16.1. The van der Waals surface area contributed by atoms with Crippen LogP contribution in [-0.4, -0.2) is 43.4 Å². The molecule has 2 aromatic rings. The van der Waals surface area contributed by atoms with E-state index in [4.69, 9.17) is 14.2 Å². The summed E-state index contributed by atoms with van der Waals surface area (Å²) in [6.07, 6.45) is 0. The van der Waals surface area contributed by atoms with Crippen LogP contribution in [0.4, 0.5) is 17.3 Å². The van der Waals surface area contributed by atoms with Crippen molar-refractivity contribution >= 4 is 17.3 Å². The van der Waals surface area contributed by atoms with E-state index in [0.29, 0.717) is 38.0 Å². The number of nitrogens with one attached hydrogen (secondary N) is 2. The number of aryl methyl sites for hydroxylation is 1. The average molecular weight is 316 g/mol. The fourth-order valence-electron chi connectivity index (χ4n) is 2.27. The van der Waals surface area contributed by atoms with Crippen molar-refractivity contribution in [3.05, 3.63) is 30.1 Å². The first-order valence-electron chi connectivity index (χ1n) is 7.50. The summed E-state index contributed by atoms with van der Waals surface area (Å²) in [6.45, 7) is 4.32. The predicted octanol–water partition coefficient (Wildman–Crippen LogP) is 2.36. The Morgan fingerprint density at radius 3 is 2.70 bits per heavy atom. The zero-order chi connectivity index (χ0) is 16.1. The fourth-order valence-corrected chi connectivity index (χ4v) is 2.27. The van der Waals surface area contributed by atoms with Gasteiger partial charge in [0.05, 0.1) is 6.61 Å². The van der Waals surface area contributed by atoms with Crippen LogP contribution in [0.3, 0.4) is 0 Å². The van der Waals surface area contributed by atoms with Crippen molar-refractivity contribution in [3.63, 3.8) is 0 Å². The van der Waals surface area contributed by atoms with E-state index in [1.807, 2.05) is 31.2 Å². The maximum absolute atomic E-state index is 5.59. The molecule has 3 rings (SSSR count). The highest BCUT2D eigenvalue weighted by atomic mass is 16.6. The number of benzene rings is 1. The van der Waals surface area contributed by atoms with Gasteiger partial charge in [-0.2, -0.15) is 0 Å². The lowest BCUT2D eigenvalue weighted by atomic mass is 10.2. The molecule has 2 N–H and O–H groups in total. The molecule has 7 heteroatoms. The van der Waals surface area contributed by atoms with E-state index in [1.165, 1.54) is 0 Å². The van der Waals surface area contributed by atoms with Crippen LogP contribution in [0.2, 0.25) is 0 Å². The Hall–Kier alpha value is -2.54. The van der Waals surface area contributed by atoms with Crippen LogP contribution in [0, 0.1) is 6.92 Å². The maximum Gasteiger partial charge on any atom is 0.163 e. The predicted molar refractivity (Wildman–Crippen MR) is 87.8 cm³/mol. The molecule has 0 fully saturated rings. The van der Waals surface area contributed by atoms with Crippen molar-refractivity contribution in [2.24, 2.45) is 0 Å². The zero-order valence-corrected chi connectivity index (χ0v) is 13.3. The van der Waals surface area contributed by atoms with Crippen LogP contribution in [-0.2, 0) is 4.74 Å². The minimum Gasteiger partial charge on any atom is -0.486 e. The molecule has 0 bridgehead atoms. The lowest BCUT2D eigenvalue weighted by Gasteiger charge is -2.19. The third-order valence-corrected chi connectivity index (χ3v) is 3.26. The smallest absolute Gasteiger partial charge is 0.163 e. The highest BCUT2D eigenvalue weighted by Gasteiger charge is 2.12. The molecular formula is C16H20N4O3. The Bertz CT molecular complexity index is 678. The summed E-state index contributed by atoms with van der Waals surface area (Å²) in [5.74, 6) is 3.67. The van der Waals surface area contributed by atoms with E-state index in [9.17, 15) is 0 Å². The van der Waals surface area contributed by atoms with E-state index in [2.05, 4.69) is 20.6 Å². The van der Waals surface area contributed by atoms with Gasteiger partial charge in [-0.1, -0.05) is 0 Å². The van der Waals surface area contributed by atoms with Crippen LogP contribution in [0.5, 0.6) is 11.5 Å². The highest BCUT2D eigenvalue weighted by molar-refractivity contribution is 5.63. The van der Waals surface area contributed by atoms with Gasteiger partial charge in [-0.15, -0.1) is 0 Å². The summed E-state index contributed by atoms with van der Waals surface area (Å²) in [6, 6.07) is 7.59. The first kappa shape index (κ1) is 15.4. The second-order valence-electron chi connectivity index (χ2n) is 5.09. The molecule has 1 aromatic heterocycles. The molecule has 23 heavy (non-hydrogen) atoms. The number of methoxy groups -OCH3 is 1. The SMILES string of the molecule is COCCNc1cc(Nc2ccc3c(c2)OCCO3)nc(C)n1. The molecule has 0 amide bonds. The van der Waals surface area contributed by atoms with Gasteiger partial charge in [-0.3, -0.25) is 0 Å². The minimum absolute atomic E-state index is 0.566. The molecule has 0 spiro atoms. The van der Waals surface area contributed by atoms with Crippen LogP contribution in [0.15, 0.2) is 24.3 Å². The number of ether oxygens (including phenoxy) is 3. The fraction of sp³-hybridized carbons (Fsp3) is 0.375. The zero-order valence-electron chi connectivity index (χ0n) is 13.3. The number of hydrogen-bond donors (Lipinski definition) is 2. The summed E-state index contributed by atoms with van der Waals surface area (Å²) in [5.41, 5.74) is 0.884. The highest BCUT2D eigenvalue weighted by Crippen LogP contribution is 2.33. The lowest BCUT2D eigenvalue weighted by molar-refractivity contribution is 0.171. The van der Waals surface area contributed by atoms with Gasteiger partial charge < -0.3 is 24.8 Å². The van der Waals surface area contributed by atoms with Crippen LogP contribution < -0.4 is 20.1 Å². The van der Waals surface area contributed by atoms with Crippen molar-refractivity contribution in [1.29, 1.82) is 0 Å². The van der Waals surface area contributed by atoms with Crippen LogP contribution >= 0.6 is 0 Å². The largest absolute Gasteiger partial charge is 0.486 e. The molecule has 0 unspecified atom stereocenters. The molecule has 1 aliphatic rings. The van der Waals surface area contributed by atoms with E-state index >= 15 is 0 Å². The lowest BCUT2D eigenvalue weighted by Crippen LogP contribution is -2.15. The molecule has 2 heterocycles. The molecule has 0 saturated carbocycles. The van der Waals surface area contributed by atoms with Crippen LogP contribution in [0.25, 0.3) is 0 Å². The molecular weight excluding hydrogens is 296 g/mol. The number of hydrogen-bond acceptors (Lipinski definition) is 7. The second kappa shape index (κ2) is 7.15. The van der Waals surface area contributed by atoms with Crippen LogP contribution in [0.1, 0.15) is 5.82 Å². The van der Waals surface area contributed by atoms with Crippen molar-refractivity contribution in [1.82, 2.24) is 9.97 Å². The Morgan fingerprint density at radius 2 is 1.87 bits per heavy atom. The topological polar surface area (TPSA) is 77.5 Å². The Balaban J connectivity index is 1.74. The Labute approximate surface area is 135 Å². The number of aromatic nitrogens is 2. The van der Waals surface area contributed by atoms with E-state index < -0.39 is 0 Å². The molecule has 122 valence electrons. The minimum atomic E-state index is 0.566. The quantitative estimate of drug-likeness (QED) is 0.792.